The fourth-order valence-corrected chi connectivity index (χ4v) is 2.61. The van der Waals surface area contributed by atoms with Gasteiger partial charge < -0.3 is 13.9 Å². The van der Waals surface area contributed by atoms with Crippen LogP contribution < -0.4 is 4.74 Å². The summed E-state index contributed by atoms with van der Waals surface area (Å²) in [4.78, 5) is 24.2. The van der Waals surface area contributed by atoms with E-state index < -0.39 is 5.97 Å². The molecule has 2 aromatic carbocycles. The number of furan rings is 1. The maximum absolute atomic E-state index is 12.3. The average Bonchev–Trinajstić information content (AvgIpc) is 2.97. The Kier molecular flexibility index (Phi) is 4.84. The standard InChI is InChI=1S/C20H18O5/c1-13-16-5-3-4-6-18(16)25-20(13)17(21)12-24-19(22)11-14-7-9-15(23-2)10-8-14/h3-10H,11-12H2,1-2H3. The molecular formula is C20H18O5. The molecule has 25 heavy (non-hydrogen) atoms. The second kappa shape index (κ2) is 7.21. The zero-order valence-corrected chi connectivity index (χ0v) is 14.1. The molecule has 128 valence electrons. The van der Waals surface area contributed by atoms with E-state index in [1.165, 1.54) is 0 Å². The third-order valence-electron chi connectivity index (χ3n) is 3.97. The van der Waals surface area contributed by atoms with Crippen LogP contribution in [0.4, 0.5) is 0 Å². The van der Waals surface area contributed by atoms with Crippen molar-refractivity contribution in [3.63, 3.8) is 0 Å². The summed E-state index contributed by atoms with van der Waals surface area (Å²) < 4.78 is 15.7. The molecule has 0 N–H and O–H groups in total. The summed E-state index contributed by atoms with van der Waals surface area (Å²) in [5.74, 6) is 0.134. The Balaban J connectivity index is 1.60. The van der Waals surface area contributed by atoms with Crippen molar-refractivity contribution in [2.24, 2.45) is 0 Å². The van der Waals surface area contributed by atoms with Gasteiger partial charge in [0.2, 0.25) is 5.78 Å². The number of ketones is 1. The molecule has 3 rings (SSSR count). The molecule has 0 aliphatic carbocycles. The largest absolute Gasteiger partial charge is 0.497 e. The Hall–Kier alpha value is -3.08. The molecule has 0 bridgehead atoms. The van der Waals surface area contributed by atoms with Crippen molar-refractivity contribution in [1.29, 1.82) is 0 Å². The Morgan fingerprint density at radius 1 is 1.04 bits per heavy atom. The van der Waals surface area contributed by atoms with Gasteiger partial charge in [-0.3, -0.25) is 9.59 Å². The van der Waals surface area contributed by atoms with E-state index in [9.17, 15) is 9.59 Å². The molecule has 0 saturated heterocycles. The number of ether oxygens (including phenoxy) is 2. The van der Waals surface area contributed by atoms with Crippen molar-refractivity contribution >= 4 is 22.7 Å². The smallest absolute Gasteiger partial charge is 0.310 e. The lowest BCUT2D eigenvalue weighted by atomic mass is 10.1. The van der Waals surface area contributed by atoms with Crippen LogP contribution in [0, 0.1) is 6.92 Å². The van der Waals surface area contributed by atoms with Crippen molar-refractivity contribution < 1.29 is 23.5 Å². The van der Waals surface area contributed by atoms with E-state index in [0.29, 0.717) is 11.3 Å². The van der Waals surface area contributed by atoms with Crippen LogP contribution in [0.3, 0.4) is 0 Å². The topological polar surface area (TPSA) is 65.7 Å². The highest BCUT2D eigenvalue weighted by Gasteiger charge is 2.19. The Morgan fingerprint density at radius 2 is 1.76 bits per heavy atom. The zero-order valence-electron chi connectivity index (χ0n) is 14.1. The Labute approximate surface area is 145 Å². The molecule has 0 saturated carbocycles. The SMILES string of the molecule is COc1ccc(CC(=O)OCC(=O)c2oc3ccccc3c2C)cc1. The number of hydrogen-bond acceptors (Lipinski definition) is 5. The van der Waals surface area contributed by atoms with Gasteiger partial charge in [-0.05, 0) is 30.7 Å². The number of para-hydroxylation sites is 1. The van der Waals surface area contributed by atoms with Crippen LogP contribution >= 0.6 is 0 Å². The van der Waals surface area contributed by atoms with Crippen molar-refractivity contribution in [3.05, 3.63) is 65.4 Å². The van der Waals surface area contributed by atoms with E-state index in [0.717, 1.165) is 16.5 Å². The predicted octanol–water partition coefficient (Wildman–Crippen LogP) is 3.72. The van der Waals surface area contributed by atoms with E-state index in [-0.39, 0.29) is 24.6 Å². The number of Topliss-reactive ketones (excluding diaryl/α,β-unsaturated/α-hetero) is 1. The normalized spacial score (nSPS) is 10.6. The number of carbonyl (C=O) groups is 2. The number of hydrogen-bond donors (Lipinski definition) is 0. The van der Waals surface area contributed by atoms with Gasteiger partial charge in [-0.1, -0.05) is 30.3 Å². The quantitative estimate of drug-likeness (QED) is 0.506. The molecule has 1 heterocycles. The molecule has 5 heteroatoms. The number of esters is 1. The molecular weight excluding hydrogens is 320 g/mol. The monoisotopic (exact) mass is 338 g/mol. The summed E-state index contributed by atoms with van der Waals surface area (Å²) in [5.41, 5.74) is 2.19. The molecule has 0 unspecified atom stereocenters. The summed E-state index contributed by atoms with van der Waals surface area (Å²) in [6.07, 6.45) is 0.0936. The summed E-state index contributed by atoms with van der Waals surface area (Å²) in [6.45, 7) is 1.48. The number of benzene rings is 2. The number of fused-ring (bicyclic) bond motifs is 1. The van der Waals surface area contributed by atoms with Crippen LogP contribution in [-0.4, -0.2) is 25.5 Å². The minimum absolute atomic E-state index is 0.0936. The Morgan fingerprint density at radius 3 is 2.44 bits per heavy atom. The van der Waals surface area contributed by atoms with E-state index >= 15 is 0 Å². The van der Waals surface area contributed by atoms with Crippen molar-refractivity contribution in [2.45, 2.75) is 13.3 Å². The van der Waals surface area contributed by atoms with Crippen LogP contribution in [0.1, 0.15) is 21.7 Å². The summed E-state index contributed by atoms with van der Waals surface area (Å²) in [7, 11) is 1.58. The third-order valence-corrected chi connectivity index (χ3v) is 3.97. The van der Waals surface area contributed by atoms with Gasteiger partial charge in [0.05, 0.1) is 13.5 Å². The van der Waals surface area contributed by atoms with Crippen molar-refractivity contribution in [1.82, 2.24) is 0 Å². The maximum Gasteiger partial charge on any atom is 0.310 e. The molecule has 3 aromatic rings. The van der Waals surface area contributed by atoms with Crippen LogP contribution in [-0.2, 0) is 16.0 Å². The highest BCUT2D eigenvalue weighted by atomic mass is 16.5. The van der Waals surface area contributed by atoms with E-state index in [4.69, 9.17) is 13.9 Å². The number of methoxy groups -OCH3 is 1. The van der Waals surface area contributed by atoms with Gasteiger partial charge in [-0.2, -0.15) is 0 Å². The van der Waals surface area contributed by atoms with E-state index in [2.05, 4.69) is 0 Å². The number of carbonyl (C=O) groups excluding carboxylic acids is 2. The predicted molar refractivity (Wildman–Crippen MR) is 92.9 cm³/mol. The van der Waals surface area contributed by atoms with Gasteiger partial charge in [0.1, 0.15) is 11.3 Å². The first-order chi connectivity index (χ1) is 12.1. The lowest BCUT2D eigenvalue weighted by Gasteiger charge is -2.05. The summed E-state index contributed by atoms with van der Waals surface area (Å²) >= 11 is 0. The average molecular weight is 338 g/mol. The van der Waals surface area contributed by atoms with E-state index in [1.807, 2.05) is 25.1 Å². The molecule has 0 radical (unpaired) electrons. The minimum Gasteiger partial charge on any atom is -0.497 e. The van der Waals surface area contributed by atoms with E-state index in [1.54, 1.807) is 37.4 Å². The lowest BCUT2D eigenvalue weighted by Crippen LogP contribution is -2.15. The first kappa shape index (κ1) is 16.8. The second-order valence-electron chi connectivity index (χ2n) is 5.66. The highest BCUT2D eigenvalue weighted by Crippen LogP contribution is 2.25. The van der Waals surface area contributed by atoms with Gasteiger partial charge in [0.15, 0.2) is 12.4 Å². The molecule has 5 nitrogen and oxygen atoms in total. The van der Waals surface area contributed by atoms with Crippen molar-refractivity contribution in [2.75, 3.05) is 13.7 Å². The molecule has 0 aliphatic heterocycles. The van der Waals surface area contributed by atoms with Gasteiger partial charge in [-0.15, -0.1) is 0 Å². The molecule has 0 fully saturated rings. The van der Waals surface area contributed by atoms with Gasteiger partial charge in [0.25, 0.3) is 0 Å². The summed E-state index contributed by atoms with van der Waals surface area (Å²) in [6, 6.07) is 14.5. The summed E-state index contributed by atoms with van der Waals surface area (Å²) in [5, 5.41) is 0.885. The van der Waals surface area contributed by atoms with Crippen LogP contribution in [0.15, 0.2) is 52.9 Å². The second-order valence-corrected chi connectivity index (χ2v) is 5.66. The fraction of sp³-hybridized carbons (Fsp3) is 0.200. The van der Waals surface area contributed by atoms with Gasteiger partial charge >= 0.3 is 5.97 Å². The molecule has 0 aliphatic rings. The van der Waals surface area contributed by atoms with Crippen LogP contribution in [0.5, 0.6) is 5.75 Å². The Bertz CT molecular complexity index is 905. The highest BCUT2D eigenvalue weighted by molar-refractivity contribution is 6.01. The van der Waals surface area contributed by atoms with Crippen LogP contribution in [0.2, 0.25) is 0 Å². The number of rotatable bonds is 6. The first-order valence-electron chi connectivity index (χ1n) is 7.88. The number of aryl methyl sites for hydroxylation is 1. The maximum atomic E-state index is 12.3. The molecule has 0 spiro atoms. The zero-order chi connectivity index (χ0) is 17.8. The lowest BCUT2D eigenvalue weighted by molar-refractivity contribution is -0.141. The first-order valence-corrected chi connectivity index (χ1v) is 7.88. The fourth-order valence-electron chi connectivity index (χ4n) is 2.61. The van der Waals surface area contributed by atoms with Crippen molar-refractivity contribution in [3.8, 4) is 5.75 Å². The minimum atomic E-state index is -0.465. The third kappa shape index (κ3) is 3.71. The molecule has 0 amide bonds. The van der Waals surface area contributed by atoms with Gasteiger partial charge in [0, 0.05) is 10.9 Å². The molecule has 1 aromatic heterocycles. The van der Waals surface area contributed by atoms with Gasteiger partial charge in [-0.25, -0.2) is 0 Å². The van der Waals surface area contributed by atoms with Crippen LogP contribution in [0.25, 0.3) is 11.0 Å². The molecule has 0 atom stereocenters.